The van der Waals surface area contributed by atoms with Crippen LogP contribution in [-0.2, 0) is 6.54 Å². The Labute approximate surface area is 106 Å². The fraction of sp³-hybridized carbons (Fsp3) is 0.500. The molecule has 17 heavy (non-hydrogen) atoms. The average Bonchev–Trinajstić information content (AvgIpc) is 2.92. The van der Waals surface area contributed by atoms with Gasteiger partial charge in [0.05, 0.1) is 23.4 Å². The lowest BCUT2D eigenvalue weighted by atomic mass is 10.1. The Kier molecular flexibility index (Phi) is 3.91. The predicted molar refractivity (Wildman–Crippen MR) is 70.3 cm³/mol. The van der Waals surface area contributed by atoms with Gasteiger partial charge >= 0.3 is 0 Å². The number of aryl methyl sites for hydroxylation is 2. The minimum atomic E-state index is 0.202. The fourth-order valence-corrected chi connectivity index (χ4v) is 2.85. The van der Waals surface area contributed by atoms with E-state index in [1.807, 2.05) is 30.4 Å². The summed E-state index contributed by atoms with van der Waals surface area (Å²) in [4.78, 5) is 5.57. The first-order valence-electron chi connectivity index (χ1n) is 5.85. The van der Waals surface area contributed by atoms with Gasteiger partial charge < -0.3 is 5.32 Å². The van der Waals surface area contributed by atoms with E-state index >= 15 is 0 Å². The molecule has 0 fully saturated rings. The maximum Gasteiger partial charge on any atom is 0.0798 e. The summed E-state index contributed by atoms with van der Waals surface area (Å²) in [5.41, 5.74) is 4.19. The zero-order chi connectivity index (χ0) is 12.3. The molecule has 0 radical (unpaired) electrons. The number of nitrogens with one attached hydrogen (secondary N) is 1. The molecule has 0 amide bonds. The van der Waals surface area contributed by atoms with Crippen molar-refractivity contribution in [3.63, 3.8) is 0 Å². The molecule has 0 spiro atoms. The van der Waals surface area contributed by atoms with Crippen LogP contribution in [0.5, 0.6) is 0 Å². The van der Waals surface area contributed by atoms with E-state index in [9.17, 15) is 0 Å². The standard InChI is InChI=1S/C12H18N4S/c1-4-5-16-7-10(6-15-16)11(13-3)12-9(2)14-8-17-12/h6-8,11,13H,4-5H2,1-3H3. The van der Waals surface area contributed by atoms with Gasteiger partial charge in [0.2, 0.25) is 0 Å². The second-order valence-electron chi connectivity index (χ2n) is 4.06. The van der Waals surface area contributed by atoms with Crippen LogP contribution in [0.3, 0.4) is 0 Å². The Morgan fingerprint density at radius 2 is 2.35 bits per heavy atom. The quantitative estimate of drug-likeness (QED) is 0.886. The summed E-state index contributed by atoms with van der Waals surface area (Å²) >= 11 is 1.69. The van der Waals surface area contributed by atoms with E-state index in [2.05, 4.69) is 28.5 Å². The number of hydrogen-bond donors (Lipinski definition) is 1. The van der Waals surface area contributed by atoms with Gasteiger partial charge in [0.1, 0.15) is 0 Å². The SMILES string of the molecule is CCCn1cc(C(NC)c2scnc2C)cn1. The summed E-state index contributed by atoms with van der Waals surface area (Å²) < 4.78 is 2.00. The highest BCUT2D eigenvalue weighted by atomic mass is 32.1. The molecular formula is C12H18N4S. The second kappa shape index (κ2) is 5.42. The molecule has 2 rings (SSSR count). The Balaban J connectivity index is 2.26. The molecule has 0 aromatic carbocycles. The summed E-state index contributed by atoms with van der Waals surface area (Å²) in [5.74, 6) is 0. The van der Waals surface area contributed by atoms with E-state index < -0.39 is 0 Å². The molecular weight excluding hydrogens is 232 g/mol. The summed E-state index contributed by atoms with van der Waals surface area (Å²) in [5, 5.41) is 7.71. The van der Waals surface area contributed by atoms with Crippen molar-refractivity contribution < 1.29 is 0 Å². The van der Waals surface area contributed by atoms with Crippen LogP contribution in [0.25, 0.3) is 0 Å². The summed E-state index contributed by atoms with van der Waals surface area (Å²) in [6, 6.07) is 0.202. The van der Waals surface area contributed by atoms with Gasteiger partial charge in [-0.25, -0.2) is 4.98 Å². The van der Waals surface area contributed by atoms with E-state index in [4.69, 9.17) is 0 Å². The predicted octanol–water partition coefficient (Wildman–Crippen LogP) is 2.37. The average molecular weight is 250 g/mol. The minimum absolute atomic E-state index is 0.202. The molecule has 2 aromatic heterocycles. The first-order chi connectivity index (χ1) is 8.26. The van der Waals surface area contributed by atoms with Crippen molar-refractivity contribution in [2.75, 3.05) is 7.05 Å². The van der Waals surface area contributed by atoms with Gasteiger partial charge in [0, 0.05) is 23.2 Å². The van der Waals surface area contributed by atoms with Gasteiger partial charge in [-0.1, -0.05) is 6.92 Å². The Bertz CT molecular complexity index is 474. The lowest BCUT2D eigenvalue weighted by Gasteiger charge is -2.12. The highest BCUT2D eigenvalue weighted by molar-refractivity contribution is 7.09. The minimum Gasteiger partial charge on any atom is -0.309 e. The normalized spacial score (nSPS) is 12.9. The monoisotopic (exact) mass is 250 g/mol. The summed E-state index contributed by atoms with van der Waals surface area (Å²) in [6.45, 7) is 5.18. The highest BCUT2D eigenvalue weighted by Gasteiger charge is 2.17. The second-order valence-corrected chi connectivity index (χ2v) is 4.95. The molecule has 0 aliphatic heterocycles. The van der Waals surface area contributed by atoms with E-state index in [0.717, 1.165) is 18.7 Å². The van der Waals surface area contributed by atoms with Gasteiger partial charge in [0.25, 0.3) is 0 Å². The largest absolute Gasteiger partial charge is 0.309 e. The molecule has 92 valence electrons. The Morgan fingerprint density at radius 1 is 1.53 bits per heavy atom. The molecule has 0 aliphatic carbocycles. The molecule has 1 atom stereocenters. The first-order valence-corrected chi connectivity index (χ1v) is 6.73. The molecule has 0 saturated heterocycles. The molecule has 0 aliphatic rings. The van der Waals surface area contributed by atoms with Crippen molar-refractivity contribution >= 4 is 11.3 Å². The molecule has 2 aromatic rings. The van der Waals surface area contributed by atoms with Gasteiger partial charge in [-0.2, -0.15) is 5.10 Å². The van der Waals surface area contributed by atoms with Crippen LogP contribution in [0.4, 0.5) is 0 Å². The Morgan fingerprint density at radius 3 is 2.94 bits per heavy atom. The van der Waals surface area contributed by atoms with Crippen LogP contribution >= 0.6 is 11.3 Å². The number of nitrogens with zero attached hydrogens (tertiary/aromatic N) is 3. The molecule has 0 saturated carbocycles. The van der Waals surface area contributed by atoms with Gasteiger partial charge in [-0.15, -0.1) is 11.3 Å². The molecule has 0 bridgehead atoms. The third kappa shape index (κ3) is 2.56. The number of thiazole rings is 1. The molecule has 2 heterocycles. The first kappa shape index (κ1) is 12.3. The third-order valence-electron chi connectivity index (χ3n) is 2.77. The van der Waals surface area contributed by atoms with Crippen molar-refractivity contribution in [3.05, 3.63) is 34.0 Å². The van der Waals surface area contributed by atoms with Crippen molar-refractivity contribution in [2.45, 2.75) is 32.9 Å². The van der Waals surface area contributed by atoms with E-state index in [1.165, 1.54) is 10.4 Å². The lowest BCUT2D eigenvalue weighted by Crippen LogP contribution is -2.16. The maximum absolute atomic E-state index is 4.38. The zero-order valence-corrected chi connectivity index (χ0v) is 11.3. The molecule has 5 heteroatoms. The lowest BCUT2D eigenvalue weighted by molar-refractivity contribution is 0.600. The summed E-state index contributed by atoms with van der Waals surface area (Å²) in [7, 11) is 1.97. The molecule has 1 N–H and O–H groups in total. The van der Waals surface area contributed by atoms with Crippen LogP contribution in [-0.4, -0.2) is 21.8 Å². The van der Waals surface area contributed by atoms with Crippen LogP contribution in [0, 0.1) is 6.92 Å². The molecule has 4 nitrogen and oxygen atoms in total. The van der Waals surface area contributed by atoms with Crippen LogP contribution < -0.4 is 5.32 Å². The van der Waals surface area contributed by atoms with Gasteiger partial charge in [-0.05, 0) is 20.4 Å². The van der Waals surface area contributed by atoms with E-state index in [-0.39, 0.29) is 6.04 Å². The molecule has 1 unspecified atom stereocenters. The topological polar surface area (TPSA) is 42.7 Å². The van der Waals surface area contributed by atoms with E-state index in [0.29, 0.717) is 0 Å². The maximum atomic E-state index is 4.38. The van der Waals surface area contributed by atoms with Crippen molar-refractivity contribution in [1.82, 2.24) is 20.1 Å². The third-order valence-corrected chi connectivity index (χ3v) is 3.77. The van der Waals surface area contributed by atoms with Crippen LogP contribution in [0.15, 0.2) is 17.9 Å². The van der Waals surface area contributed by atoms with Crippen molar-refractivity contribution in [2.24, 2.45) is 0 Å². The smallest absolute Gasteiger partial charge is 0.0798 e. The van der Waals surface area contributed by atoms with Gasteiger partial charge in [0.15, 0.2) is 0 Å². The Hall–Kier alpha value is -1.20. The van der Waals surface area contributed by atoms with E-state index in [1.54, 1.807) is 11.3 Å². The summed E-state index contributed by atoms with van der Waals surface area (Å²) in [6.07, 6.45) is 5.16. The van der Waals surface area contributed by atoms with Crippen molar-refractivity contribution in [1.29, 1.82) is 0 Å². The van der Waals surface area contributed by atoms with Gasteiger partial charge in [-0.3, -0.25) is 4.68 Å². The van der Waals surface area contributed by atoms with Crippen molar-refractivity contribution in [3.8, 4) is 0 Å². The number of hydrogen-bond acceptors (Lipinski definition) is 4. The fourth-order valence-electron chi connectivity index (χ4n) is 1.92. The number of aromatic nitrogens is 3. The highest BCUT2D eigenvalue weighted by Crippen LogP contribution is 2.27. The zero-order valence-electron chi connectivity index (χ0n) is 10.5. The number of rotatable bonds is 5. The van der Waals surface area contributed by atoms with Crippen LogP contribution in [0.2, 0.25) is 0 Å². The van der Waals surface area contributed by atoms with Crippen LogP contribution in [0.1, 0.15) is 35.5 Å².